The Balaban J connectivity index is 1.19. The van der Waals surface area contributed by atoms with Crippen molar-refractivity contribution >= 4 is 17.7 Å². The summed E-state index contributed by atoms with van der Waals surface area (Å²) in [6, 6.07) is 3.94. The molecule has 0 aliphatic heterocycles. The molecule has 4 aliphatic carbocycles. The molecule has 4 bridgehead atoms. The first-order valence-electron chi connectivity index (χ1n) is 10.6. The number of nitrogens with two attached hydrogens (primary N) is 1. The van der Waals surface area contributed by atoms with Crippen molar-refractivity contribution in [2.45, 2.75) is 56.6 Å². The van der Waals surface area contributed by atoms with E-state index in [0.29, 0.717) is 22.1 Å². The molecule has 1 atom stereocenters. The predicted molar refractivity (Wildman–Crippen MR) is 112 cm³/mol. The third-order valence-corrected chi connectivity index (χ3v) is 8.24. The van der Waals surface area contributed by atoms with Gasteiger partial charge in [-0.2, -0.15) is 0 Å². The van der Waals surface area contributed by atoms with E-state index < -0.39 is 0 Å². The second-order valence-corrected chi connectivity index (χ2v) is 10.2. The van der Waals surface area contributed by atoms with Gasteiger partial charge in [-0.15, -0.1) is 10.2 Å². The molecular formula is C21H28N6OS. The Morgan fingerprint density at radius 3 is 2.59 bits per heavy atom. The smallest absolute Gasteiger partial charge is 0.230 e. The van der Waals surface area contributed by atoms with Gasteiger partial charge in [0.2, 0.25) is 11.1 Å². The first kappa shape index (κ1) is 18.9. The number of carbonyl (C=O) groups excluding carboxylic acids is 1. The van der Waals surface area contributed by atoms with Gasteiger partial charge in [0.25, 0.3) is 0 Å². The van der Waals surface area contributed by atoms with Crippen LogP contribution in [0.4, 0.5) is 0 Å². The molecule has 0 saturated heterocycles. The number of nitrogens with zero attached hydrogens (tertiary/aromatic N) is 4. The van der Waals surface area contributed by atoms with Gasteiger partial charge in [-0.1, -0.05) is 11.8 Å². The van der Waals surface area contributed by atoms with Crippen LogP contribution in [0, 0.1) is 23.2 Å². The highest BCUT2D eigenvalue weighted by Crippen LogP contribution is 2.61. The maximum absolute atomic E-state index is 12.7. The molecular weight excluding hydrogens is 384 g/mol. The molecule has 3 N–H and O–H groups in total. The summed E-state index contributed by atoms with van der Waals surface area (Å²) < 4.78 is 1.43. The van der Waals surface area contributed by atoms with Gasteiger partial charge >= 0.3 is 0 Å². The highest BCUT2D eigenvalue weighted by Gasteiger charge is 2.53. The third-order valence-electron chi connectivity index (χ3n) is 7.30. The second-order valence-electron chi connectivity index (χ2n) is 9.28. The molecule has 4 saturated carbocycles. The zero-order chi connectivity index (χ0) is 20.0. The first-order valence-corrected chi connectivity index (χ1v) is 11.5. The summed E-state index contributed by atoms with van der Waals surface area (Å²) in [5.74, 6) is 9.67. The number of hydrogen-bond acceptors (Lipinski definition) is 6. The number of hydrogen-bond donors (Lipinski definition) is 2. The lowest BCUT2D eigenvalue weighted by atomic mass is 9.48. The molecule has 154 valence electrons. The number of amides is 1. The lowest BCUT2D eigenvalue weighted by Gasteiger charge is -2.59. The quantitative estimate of drug-likeness (QED) is 0.559. The van der Waals surface area contributed by atoms with E-state index in [2.05, 4.69) is 27.4 Å². The minimum atomic E-state index is 0.0455. The van der Waals surface area contributed by atoms with Gasteiger partial charge in [0, 0.05) is 24.0 Å². The topological polar surface area (TPSA) is 98.7 Å². The maximum atomic E-state index is 12.7. The number of carbonyl (C=O) groups is 1. The number of thioether (sulfide) groups is 1. The van der Waals surface area contributed by atoms with Crippen molar-refractivity contribution in [2.24, 2.45) is 23.2 Å². The summed E-state index contributed by atoms with van der Waals surface area (Å²) in [6.07, 6.45) is 11.5. The van der Waals surface area contributed by atoms with E-state index in [1.165, 1.54) is 55.0 Å². The molecule has 0 unspecified atom stereocenters. The lowest BCUT2D eigenvalue weighted by Crippen LogP contribution is -2.56. The van der Waals surface area contributed by atoms with Crippen LogP contribution in [0.2, 0.25) is 0 Å². The van der Waals surface area contributed by atoms with E-state index in [1.807, 2.05) is 12.1 Å². The summed E-state index contributed by atoms with van der Waals surface area (Å²) in [5.41, 5.74) is 1.12. The van der Waals surface area contributed by atoms with E-state index in [9.17, 15) is 4.79 Å². The molecule has 29 heavy (non-hydrogen) atoms. The molecule has 2 aromatic heterocycles. The number of nitrogen functional groups attached to an aromatic ring is 1. The largest absolute Gasteiger partial charge is 0.352 e. The molecule has 2 aromatic rings. The van der Waals surface area contributed by atoms with Gasteiger partial charge in [0.05, 0.1) is 5.75 Å². The molecule has 7 nitrogen and oxygen atoms in total. The van der Waals surface area contributed by atoms with Crippen molar-refractivity contribution < 1.29 is 4.79 Å². The average molecular weight is 413 g/mol. The van der Waals surface area contributed by atoms with Crippen LogP contribution in [0.15, 0.2) is 29.7 Å². The van der Waals surface area contributed by atoms with Crippen LogP contribution in [0.3, 0.4) is 0 Å². The Hall–Kier alpha value is -2.09. The molecule has 1 amide bonds. The fourth-order valence-corrected chi connectivity index (χ4v) is 7.01. The van der Waals surface area contributed by atoms with Crippen molar-refractivity contribution in [3.63, 3.8) is 0 Å². The normalized spacial score (nSPS) is 31.0. The summed E-state index contributed by atoms with van der Waals surface area (Å²) >= 11 is 1.32. The van der Waals surface area contributed by atoms with Gasteiger partial charge in [0.15, 0.2) is 5.82 Å². The van der Waals surface area contributed by atoms with Crippen molar-refractivity contribution in [2.75, 3.05) is 11.6 Å². The van der Waals surface area contributed by atoms with Crippen molar-refractivity contribution in [3.05, 3.63) is 24.5 Å². The molecule has 0 radical (unpaired) electrons. The van der Waals surface area contributed by atoms with Gasteiger partial charge in [-0.05, 0) is 80.8 Å². The molecule has 6 rings (SSSR count). The summed E-state index contributed by atoms with van der Waals surface area (Å²) in [7, 11) is 0. The lowest BCUT2D eigenvalue weighted by molar-refractivity contribution is -0.123. The van der Waals surface area contributed by atoms with E-state index in [-0.39, 0.29) is 11.9 Å². The van der Waals surface area contributed by atoms with Crippen LogP contribution in [-0.4, -0.2) is 37.6 Å². The Morgan fingerprint density at radius 1 is 1.28 bits per heavy atom. The Labute approximate surface area is 175 Å². The van der Waals surface area contributed by atoms with Crippen molar-refractivity contribution in [1.29, 1.82) is 0 Å². The second kappa shape index (κ2) is 7.31. The summed E-state index contributed by atoms with van der Waals surface area (Å²) in [5, 5.41) is 12.1. The van der Waals surface area contributed by atoms with Crippen LogP contribution in [0.5, 0.6) is 0 Å². The SMILES string of the molecule is C[C@@H](NC(=O)CSc1nnc(-c2cccnc2)n1N)C12CC3CC(CC(C3)C1)C2. The van der Waals surface area contributed by atoms with Gasteiger partial charge in [-0.3, -0.25) is 9.78 Å². The zero-order valence-corrected chi connectivity index (χ0v) is 17.6. The van der Waals surface area contributed by atoms with Crippen LogP contribution < -0.4 is 11.2 Å². The predicted octanol–water partition coefficient (Wildman–Crippen LogP) is 2.87. The van der Waals surface area contributed by atoms with Crippen LogP contribution >= 0.6 is 11.8 Å². The van der Waals surface area contributed by atoms with E-state index in [0.717, 1.165) is 23.3 Å². The van der Waals surface area contributed by atoms with Crippen LogP contribution in [0.1, 0.15) is 45.4 Å². The Kier molecular flexibility index (Phi) is 4.76. The highest BCUT2D eigenvalue weighted by atomic mass is 32.2. The Morgan fingerprint density at radius 2 is 1.97 bits per heavy atom. The van der Waals surface area contributed by atoms with Crippen molar-refractivity contribution in [1.82, 2.24) is 25.2 Å². The number of rotatable bonds is 6. The number of aromatic nitrogens is 4. The minimum Gasteiger partial charge on any atom is -0.352 e. The van der Waals surface area contributed by atoms with Crippen molar-refractivity contribution in [3.8, 4) is 11.4 Å². The highest BCUT2D eigenvalue weighted by molar-refractivity contribution is 7.99. The molecule has 0 spiro atoms. The van der Waals surface area contributed by atoms with Crippen LogP contribution in [0.25, 0.3) is 11.4 Å². The first-order chi connectivity index (χ1) is 14.0. The van der Waals surface area contributed by atoms with Crippen LogP contribution in [-0.2, 0) is 4.79 Å². The fourth-order valence-electron chi connectivity index (χ4n) is 6.34. The molecule has 0 aromatic carbocycles. The molecule has 8 heteroatoms. The maximum Gasteiger partial charge on any atom is 0.230 e. The van der Waals surface area contributed by atoms with Gasteiger partial charge < -0.3 is 11.2 Å². The number of nitrogens with one attached hydrogen (secondary N) is 1. The van der Waals surface area contributed by atoms with Gasteiger partial charge in [0.1, 0.15) is 0 Å². The zero-order valence-electron chi connectivity index (χ0n) is 16.8. The van der Waals surface area contributed by atoms with E-state index >= 15 is 0 Å². The van der Waals surface area contributed by atoms with E-state index in [4.69, 9.17) is 5.84 Å². The van der Waals surface area contributed by atoms with E-state index in [1.54, 1.807) is 12.4 Å². The molecule has 4 fully saturated rings. The number of pyridine rings is 1. The molecule has 4 aliphatic rings. The minimum absolute atomic E-state index is 0.0455. The fraction of sp³-hybridized carbons (Fsp3) is 0.619. The standard InChI is InChI=1S/C21H28N6OS/c1-13(21-8-14-5-15(9-21)7-16(6-14)10-21)24-18(28)12-29-20-26-25-19(27(20)22)17-3-2-4-23-11-17/h2-4,11,13-16H,5-10,12,22H2,1H3,(H,24,28)/t13-,14?,15?,16?,21?/m1/s1. The third kappa shape index (κ3) is 3.52. The van der Waals surface area contributed by atoms with Gasteiger partial charge in [-0.25, -0.2) is 4.68 Å². The average Bonchev–Trinajstić information content (AvgIpc) is 3.06. The Bertz CT molecular complexity index is 863. The molecule has 2 heterocycles. The summed E-state index contributed by atoms with van der Waals surface area (Å²) in [6.45, 7) is 2.21. The monoisotopic (exact) mass is 412 g/mol. The summed E-state index contributed by atoms with van der Waals surface area (Å²) in [4.78, 5) is 16.8.